The van der Waals surface area contributed by atoms with Crippen molar-refractivity contribution in [2.24, 2.45) is 5.92 Å². The number of amides is 1. The lowest BCUT2D eigenvalue weighted by Gasteiger charge is -2.42. The molecule has 0 bridgehead atoms. The lowest BCUT2D eigenvalue weighted by molar-refractivity contribution is -0.139. The summed E-state index contributed by atoms with van der Waals surface area (Å²) < 4.78 is 0. The van der Waals surface area contributed by atoms with Crippen LogP contribution in [0.4, 0.5) is 0 Å². The van der Waals surface area contributed by atoms with Gasteiger partial charge in [-0.05, 0) is 49.7 Å². The number of aryl methyl sites for hydroxylation is 1. The van der Waals surface area contributed by atoms with Gasteiger partial charge in [0.1, 0.15) is 0 Å². The molecule has 2 saturated carbocycles. The number of rotatable bonds is 8. The number of nitrogens with one attached hydrogen (secondary N) is 1. The summed E-state index contributed by atoms with van der Waals surface area (Å²) in [6.07, 6.45) is 4.97. The molecule has 2 N–H and O–H groups in total. The van der Waals surface area contributed by atoms with E-state index in [2.05, 4.69) is 10.2 Å². The largest absolute Gasteiger partial charge is 0.480 e. The minimum atomic E-state index is -0.764. The Kier molecular flexibility index (Phi) is 5.19. The summed E-state index contributed by atoms with van der Waals surface area (Å²) in [6.45, 7) is 3.05. The standard InChI is InChI=1S/C19H26N2O3/c1-2-14-5-3-4-6-17(14)19(24)20-15-9-16(10-15)21(12-18(22)23)11-13-7-8-13/h3-6,13,15-16H,2,7-12H2,1H3,(H,20,24)(H,22,23). The number of hydrogen-bond acceptors (Lipinski definition) is 3. The highest BCUT2D eigenvalue weighted by Crippen LogP contribution is 2.33. The highest BCUT2D eigenvalue weighted by Gasteiger charge is 2.37. The molecule has 1 amide bonds. The van der Waals surface area contributed by atoms with Gasteiger partial charge in [-0.25, -0.2) is 0 Å². The third-order valence-corrected chi connectivity index (χ3v) is 5.14. The molecule has 2 aliphatic rings. The Labute approximate surface area is 143 Å². The molecule has 1 aromatic rings. The molecule has 130 valence electrons. The fourth-order valence-corrected chi connectivity index (χ4v) is 3.47. The minimum Gasteiger partial charge on any atom is -0.480 e. The van der Waals surface area contributed by atoms with Gasteiger partial charge in [0.2, 0.25) is 0 Å². The third kappa shape index (κ3) is 4.15. The number of carbonyl (C=O) groups is 2. The van der Waals surface area contributed by atoms with E-state index in [9.17, 15) is 9.59 Å². The predicted molar refractivity (Wildman–Crippen MR) is 92.0 cm³/mol. The van der Waals surface area contributed by atoms with Crippen molar-refractivity contribution in [3.63, 3.8) is 0 Å². The molecule has 0 unspecified atom stereocenters. The zero-order valence-corrected chi connectivity index (χ0v) is 14.2. The molecule has 0 aromatic heterocycles. The van der Waals surface area contributed by atoms with Gasteiger partial charge in [0.05, 0.1) is 6.54 Å². The molecule has 0 radical (unpaired) electrons. The average molecular weight is 330 g/mol. The lowest BCUT2D eigenvalue weighted by Crippen LogP contribution is -2.55. The Bertz CT molecular complexity index is 606. The van der Waals surface area contributed by atoms with Crippen molar-refractivity contribution in [3.05, 3.63) is 35.4 Å². The second kappa shape index (κ2) is 7.34. The van der Waals surface area contributed by atoms with Gasteiger partial charge in [-0.3, -0.25) is 14.5 Å². The number of carboxylic acid groups (broad SMARTS) is 1. The van der Waals surface area contributed by atoms with Crippen LogP contribution in [0, 0.1) is 5.92 Å². The van der Waals surface area contributed by atoms with E-state index in [1.54, 1.807) is 0 Å². The molecule has 0 atom stereocenters. The van der Waals surface area contributed by atoms with Gasteiger partial charge in [-0.2, -0.15) is 0 Å². The fraction of sp³-hybridized carbons (Fsp3) is 0.579. The van der Waals surface area contributed by atoms with E-state index in [1.165, 1.54) is 12.8 Å². The fourth-order valence-electron chi connectivity index (χ4n) is 3.47. The second-order valence-electron chi connectivity index (χ2n) is 7.07. The Hall–Kier alpha value is -1.88. The molecule has 0 heterocycles. The normalized spacial score (nSPS) is 22.9. The summed E-state index contributed by atoms with van der Waals surface area (Å²) in [6, 6.07) is 8.14. The highest BCUT2D eigenvalue weighted by atomic mass is 16.4. The highest BCUT2D eigenvalue weighted by molar-refractivity contribution is 5.95. The molecule has 0 aliphatic heterocycles. The minimum absolute atomic E-state index is 0.0112. The summed E-state index contributed by atoms with van der Waals surface area (Å²) in [5.41, 5.74) is 1.82. The van der Waals surface area contributed by atoms with Crippen LogP contribution in [-0.4, -0.2) is 47.1 Å². The van der Waals surface area contributed by atoms with Crippen LogP contribution in [-0.2, 0) is 11.2 Å². The first-order valence-corrected chi connectivity index (χ1v) is 8.91. The second-order valence-corrected chi connectivity index (χ2v) is 7.07. The van der Waals surface area contributed by atoms with Crippen LogP contribution in [0.2, 0.25) is 0 Å². The zero-order chi connectivity index (χ0) is 17.1. The van der Waals surface area contributed by atoms with Crippen LogP contribution in [0.1, 0.15) is 48.5 Å². The van der Waals surface area contributed by atoms with Crippen molar-refractivity contribution >= 4 is 11.9 Å². The van der Waals surface area contributed by atoms with Crippen LogP contribution < -0.4 is 5.32 Å². The maximum Gasteiger partial charge on any atom is 0.317 e. The molecule has 5 heteroatoms. The van der Waals surface area contributed by atoms with E-state index >= 15 is 0 Å². The quantitative estimate of drug-likeness (QED) is 0.767. The van der Waals surface area contributed by atoms with Crippen molar-refractivity contribution in [3.8, 4) is 0 Å². The number of aliphatic carboxylic acids is 1. The number of carbonyl (C=O) groups excluding carboxylic acids is 1. The Morgan fingerprint density at radius 1 is 1.25 bits per heavy atom. The molecular weight excluding hydrogens is 304 g/mol. The van der Waals surface area contributed by atoms with Gasteiger partial charge >= 0.3 is 5.97 Å². The van der Waals surface area contributed by atoms with Crippen molar-refractivity contribution in [2.45, 2.75) is 51.1 Å². The molecule has 0 saturated heterocycles. The molecule has 24 heavy (non-hydrogen) atoms. The topological polar surface area (TPSA) is 69.6 Å². The van der Waals surface area contributed by atoms with Gasteiger partial charge in [-0.15, -0.1) is 0 Å². The number of hydrogen-bond donors (Lipinski definition) is 2. The predicted octanol–water partition coefficient (Wildman–Crippen LogP) is 2.31. The average Bonchev–Trinajstić information content (AvgIpc) is 3.33. The van der Waals surface area contributed by atoms with E-state index in [4.69, 9.17) is 5.11 Å². The molecule has 2 fully saturated rings. The first-order valence-electron chi connectivity index (χ1n) is 8.91. The number of benzene rings is 1. The van der Waals surface area contributed by atoms with E-state index in [1.807, 2.05) is 31.2 Å². The van der Waals surface area contributed by atoms with Crippen LogP contribution in [0.3, 0.4) is 0 Å². The summed E-state index contributed by atoms with van der Waals surface area (Å²) in [5.74, 6) is -0.0997. The van der Waals surface area contributed by atoms with E-state index in [0.29, 0.717) is 5.92 Å². The molecule has 5 nitrogen and oxygen atoms in total. The Balaban J connectivity index is 1.51. The van der Waals surface area contributed by atoms with Crippen LogP contribution >= 0.6 is 0 Å². The summed E-state index contributed by atoms with van der Waals surface area (Å²) in [4.78, 5) is 25.6. The summed E-state index contributed by atoms with van der Waals surface area (Å²) in [7, 11) is 0. The molecule has 2 aliphatic carbocycles. The first-order chi connectivity index (χ1) is 11.6. The smallest absolute Gasteiger partial charge is 0.317 e. The SMILES string of the molecule is CCc1ccccc1C(=O)NC1CC(N(CC(=O)O)CC2CC2)C1. The molecular formula is C19H26N2O3. The number of nitrogens with zero attached hydrogens (tertiary/aromatic N) is 1. The number of carboxylic acids is 1. The van der Waals surface area contributed by atoms with Crippen LogP contribution in [0.15, 0.2) is 24.3 Å². The monoisotopic (exact) mass is 330 g/mol. The van der Waals surface area contributed by atoms with Gasteiger partial charge in [-0.1, -0.05) is 25.1 Å². The maximum atomic E-state index is 12.5. The Morgan fingerprint density at radius 3 is 2.58 bits per heavy atom. The first kappa shape index (κ1) is 17.0. The summed E-state index contributed by atoms with van der Waals surface area (Å²) >= 11 is 0. The molecule has 3 rings (SSSR count). The van der Waals surface area contributed by atoms with Crippen molar-refractivity contribution in [1.82, 2.24) is 10.2 Å². The maximum absolute atomic E-state index is 12.5. The van der Waals surface area contributed by atoms with Crippen LogP contribution in [0.25, 0.3) is 0 Å². The third-order valence-electron chi connectivity index (χ3n) is 5.14. The van der Waals surface area contributed by atoms with E-state index < -0.39 is 5.97 Å². The van der Waals surface area contributed by atoms with Gasteiger partial charge in [0.25, 0.3) is 5.91 Å². The van der Waals surface area contributed by atoms with Gasteiger partial charge < -0.3 is 10.4 Å². The van der Waals surface area contributed by atoms with Crippen molar-refractivity contribution < 1.29 is 14.7 Å². The van der Waals surface area contributed by atoms with E-state index in [0.717, 1.165) is 36.9 Å². The van der Waals surface area contributed by atoms with Crippen molar-refractivity contribution in [1.29, 1.82) is 0 Å². The van der Waals surface area contributed by atoms with Crippen LogP contribution in [0.5, 0.6) is 0 Å². The Morgan fingerprint density at radius 2 is 1.96 bits per heavy atom. The lowest BCUT2D eigenvalue weighted by atomic mass is 9.85. The zero-order valence-electron chi connectivity index (χ0n) is 14.2. The van der Waals surface area contributed by atoms with Gasteiger partial charge in [0.15, 0.2) is 0 Å². The summed E-state index contributed by atoms with van der Waals surface area (Å²) in [5, 5.41) is 12.2. The van der Waals surface area contributed by atoms with E-state index in [-0.39, 0.29) is 24.5 Å². The van der Waals surface area contributed by atoms with Crippen molar-refractivity contribution in [2.75, 3.05) is 13.1 Å². The molecule has 1 aromatic carbocycles. The molecule has 0 spiro atoms. The van der Waals surface area contributed by atoms with Gasteiger partial charge in [0, 0.05) is 24.2 Å².